The molecule has 0 aromatic heterocycles. The maximum atomic E-state index is 12.2. The third-order valence-corrected chi connectivity index (χ3v) is 10.3. The molecule has 0 radical (unpaired) electrons. The molecule has 166 valence electrons. The summed E-state index contributed by atoms with van der Waals surface area (Å²) in [6, 6.07) is 0. The second-order valence-electron chi connectivity index (χ2n) is 12.0. The molecule has 0 unspecified atom stereocenters. The van der Waals surface area contributed by atoms with Crippen molar-refractivity contribution in [1.82, 2.24) is 0 Å². The van der Waals surface area contributed by atoms with Crippen molar-refractivity contribution in [2.75, 3.05) is 0 Å². The van der Waals surface area contributed by atoms with Gasteiger partial charge in [-0.2, -0.15) is 0 Å². The number of carbonyl (C=O) groups excluding carboxylic acids is 1. The lowest BCUT2D eigenvalue weighted by Crippen LogP contribution is -2.51. The molecule has 2 saturated carbocycles. The largest absolute Gasteiger partial charge is 0.393 e. The van der Waals surface area contributed by atoms with E-state index in [2.05, 4.69) is 46.8 Å². The summed E-state index contributed by atoms with van der Waals surface area (Å²) in [4.78, 5) is 12.2. The van der Waals surface area contributed by atoms with E-state index in [1.807, 2.05) is 6.08 Å². The Morgan fingerprint density at radius 1 is 1.13 bits per heavy atom. The van der Waals surface area contributed by atoms with E-state index in [0.29, 0.717) is 29.1 Å². The van der Waals surface area contributed by atoms with Gasteiger partial charge in [0.05, 0.1) is 6.10 Å². The summed E-state index contributed by atoms with van der Waals surface area (Å²) in [5.74, 6) is 3.92. The zero-order chi connectivity index (χ0) is 21.4. The van der Waals surface area contributed by atoms with E-state index >= 15 is 0 Å². The highest BCUT2D eigenvalue weighted by atomic mass is 16.6. The lowest BCUT2D eigenvalue weighted by atomic mass is 9.48. The highest BCUT2D eigenvalue weighted by Gasteiger charge is 2.66. The maximum Gasteiger partial charge on any atom is 0.187 e. The standard InChI is InChI=1S/C27H40O3/c1-15(2)22(28)11-6-16(3)19-9-10-20-18-8-7-17-14-23(29)24-25(30-24)27(17,5)21(18)12-13-26(19,20)4/h7-8,14-16,18-22,24-25,28H,6,9-13H2,1-5H3/t16-,18+,19-,20+,21+,22+,24+,25+,26-,27+/m1/s1. The van der Waals surface area contributed by atoms with Gasteiger partial charge in [0, 0.05) is 5.41 Å². The summed E-state index contributed by atoms with van der Waals surface area (Å²) < 4.78 is 5.92. The Hall–Kier alpha value is -0.930. The lowest BCUT2D eigenvalue weighted by Gasteiger charge is -2.56. The molecule has 3 nitrogen and oxygen atoms in total. The van der Waals surface area contributed by atoms with Gasteiger partial charge in [0.25, 0.3) is 0 Å². The molecule has 3 heteroatoms. The number of hydrogen-bond acceptors (Lipinski definition) is 3. The Labute approximate surface area is 182 Å². The number of aliphatic hydroxyl groups excluding tert-OH is 1. The van der Waals surface area contributed by atoms with Gasteiger partial charge in [-0.15, -0.1) is 0 Å². The van der Waals surface area contributed by atoms with Crippen LogP contribution in [0.1, 0.15) is 73.1 Å². The Balaban J connectivity index is 1.36. The number of carbonyl (C=O) groups is 1. The van der Waals surface area contributed by atoms with Crippen molar-refractivity contribution in [2.45, 2.75) is 91.5 Å². The van der Waals surface area contributed by atoms with Crippen LogP contribution in [-0.4, -0.2) is 29.2 Å². The van der Waals surface area contributed by atoms with Crippen LogP contribution in [0, 0.1) is 46.3 Å². The number of ketones is 1. The first kappa shape index (κ1) is 20.9. The van der Waals surface area contributed by atoms with Gasteiger partial charge in [-0.3, -0.25) is 4.79 Å². The van der Waals surface area contributed by atoms with Crippen LogP contribution in [0.4, 0.5) is 0 Å². The van der Waals surface area contributed by atoms with Gasteiger partial charge < -0.3 is 9.84 Å². The van der Waals surface area contributed by atoms with Gasteiger partial charge in [-0.25, -0.2) is 0 Å². The SMILES string of the molecule is CC(C)[C@@H](O)CC[C@@H](C)[C@H]1CC[C@H]2[C@@H]3C=CC4=CC(=O)[C@@H]5O[C@@H]5[C@]4(C)[C@H]3CC[C@]12C. The first-order valence-electron chi connectivity index (χ1n) is 12.5. The number of rotatable bonds is 5. The molecule has 1 aliphatic heterocycles. The fraction of sp³-hybridized carbons (Fsp3) is 0.815. The van der Waals surface area contributed by atoms with Crippen LogP contribution in [0.15, 0.2) is 23.8 Å². The van der Waals surface area contributed by atoms with E-state index in [4.69, 9.17) is 4.74 Å². The Kier molecular flexibility index (Phi) is 4.91. The quantitative estimate of drug-likeness (QED) is 0.621. The second kappa shape index (κ2) is 7.04. The zero-order valence-corrected chi connectivity index (χ0v) is 19.4. The van der Waals surface area contributed by atoms with Crippen molar-refractivity contribution < 1.29 is 14.6 Å². The van der Waals surface area contributed by atoms with Gasteiger partial charge in [-0.05, 0) is 91.1 Å². The molecule has 5 aliphatic rings. The van der Waals surface area contributed by atoms with Gasteiger partial charge in [0.1, 0.15) is 12.2 Å². The summed E-state index contributed by atoms with van der Waals surface area (Å²) >= 11 is 0. The van der Waals surface area contributed by atoms with Gasteiger partial charge in [0.2, 0.25) is 0 Å². The highest BCUT2D eigenvalue weighted by Crippen LogP contribution is 2.68. The molecule has 4 aliphatic carbocycles. The van der Waals surface area contributed by atoms with Gasteiger partial charge >= 0.3 is 0 Å². The zero-order valence-electron chi connectivity index (χ0n) is 19.4. The van der Waals surface area contributed by atoms with Crippen LogP contribution in [0.2, 0.25) is 0 Å². The average molecular weight is 413 g/mol. The molecule has 10 atom stereocenters. The molecule has 3 fully saturated rings. The van der Waals surface area contributed by atoms with E-state index in [0.717, 1.165) is 24.7 Å². The van der Waals surface area contributed by atoms with Crippen molar-refractivity contribution in [3.8, 4) is 0 Å². The normalized spacial score (nSPS) is 48.4. The van der Waals surface area contributed by atoms with Crippen LogP contribution >= 0.6 is 0 Å². The molecule has 5 rings (SSSR count). The van der Waals surface area contributed by atoms with Crippen LogP contribution < -0.4 is 0 Å². The van der Waals surface area contributed by atoms with Crippen molar-refractivity contribution in [2.24, 2.45) is 46.3 Å². The minimum absolute atomic E-state index is 0.0183. The van der Waals surface area contributed by atoms with E-state index in [-0.39, 0.29) is 29.5 Å². The molecule has 0 spiro atoms. The number of hydrogen-bond donors (Lipinski definition) is 1. The van der Waals surface area contributed by atoms with Crippen molar-refractivity contribution in [1.29, 1.82) is 0 Å². The number of epoxide rings is 1. The molecule has 0 aromatic rings. The fourth-order valence-corrected chi connectivity index (χ4v) is 8.31. The lowest BCUT2D eigenvalue weighted by molar-refractivity contribution is -0.116. The Morgan fingerprint density at radius 2 is 1.90 bits per heavy atom. The smallest absolute Gasteiger partial charge is 0.187 e. The fourth-order valence-electron chi connectivity index (χ4n) is 8.31. The minimum atomic E-state index is -0.167. The Morgan fingerprint density at radius 3 is 2.63 bits per heavy atom. The first-order chi connectivity index (χ1) is 14.2. The van der Waals surface area contributed by atoms with E-state index < -0.39 is 0 Å². The number of allylic oxidation sites excluding steroid dienone is 2. The molecule has 0 amide bonds. The average Bonchev–Trinajstić information content (AvgIpc) is 3.44. The highest BCUT2D eigenvalue weighted by molar-refractivity contribution is 5.98. The number of ether oxygens (including phenoxy) is 1. The minimum Gasteiger partial charge on any atom is -0.393 e. The van der Waals surface area contributed by atoms with Crippen LogP contribution in [0.5, 0.6) is 0 Å². The predicted octanol–water partition coefficient (Wildman–Crippen LogP) is 5.33. The molecule has 1 heterocycles. The maximum absolute atomic E-state index is 12.2. The van der Waals surface area contributed by atoms with Crippen LogP contribution in [0.3, 0.4) is 0 Å². The molecular formula is C27H40O3. The number of fused-ring (bicyclic) bond motifs is 7. The summed E-state index contributed by atoms with van der Waals surface area (Å²) in [6.07, 6.45) is 13.7. The van der Waals surface area contributed by atoms with Crippen molar-refractivity contribution in [3.63, 3.8) is 0 Å². The third-order valence-electron chi connectivity index (χ3n) is 10.3. The van der Waals surface area contributed by atoms with Crippen molar-refractivity contribution >= 4 is 5.78 Å². The van der Waals surface area contributed by atoms with E-state index in [1.54, 1.807) is 0 Å². The predicted molar refractivity (Wildman–Crippen MR) is 119 cm³/mol. The summed E-state index contributed by atoms with van der Waals surface area (Å²) in [7, 11) is 0. The second-order valence-corrected chi connectivity index (χ2v) is 12.0. The molecular weight excluding hydrogens is 372 g/mol. The first-order valence-corrected chi connectivity index (χ1v) is 12.5. The molecule has 1 N–H and O–H groups in total. The van der Waals surface area contributed by atoms with E-state index in [9.17, 15) is 9.90 Å². The Bertz CT molecular complexity index is 781. The topological polar surface area (TPSA) is 49.8 Å². The van der Waals surface area contributed by atoms with Gasteiger partial charge in [-0.1, -0.05) is 46.8 Å². The summed E-state index contributed by atoms with van der Waals surface area (Å²) in [6.45, 7) is 11.6. The molecule has 1 saturated heterocycles. The van der Waals surface area contributed by atoms with Crippen LogP contribution in [0.25, 0.3) is 0 Å². The molecule has 30 heavy (non-hydrogen) atoms. The van der Waals surface area contributed by atoms with Crippen molar-refractivity contribution in [3.05, 3.63) is 23.8 Å². The van der Waals surface area contributed by atoms with Gasteiger partial charge in [0.15, 0.2) is 5.78 Å². The summed E-state index contributed by atoms with van der Waals surface area (Å²) in [5, 5.41) is 10.3. The molecule has 0 bridgehead atoms. The number of aliphatic hydroxyl groups is 1. The molecule has 0 aromatic carbocycles. The van der Waals surface area contributed by atoms with Crippen LogP contribution in [-0.2, 0) is 9.53 Å². The summed E-state index contributed by atoms with van der Waals surface area (Å²) in [5.41, 5.74) is 1.64. The monoisotopic (exact) mass is 412 g/mol. The third kappa shape index (κ3) is 2.87. The van der Waals surface area contributed by atoms with E-state index in [1.165, 1.54) is 31.3 Å².